The molecule has 1 aromatic carbocycles. The van der Waals surface area contributed by atoms with Gasteiger partial charge in [-0.15, -0.1) is 0 Å². The second-order valence-corrected chi connectivity index (χ2v) is 7.16. The summed E-state index contributed by atoms with van der Waals surface area (Å²) in [5.41, 5.74) is 1.94. The molecule has 1 aliphatic rings. The molecule has 1 amide bonds. The molecule has 2 rings (SSSR count). The summed E-state index contributed by atoms with van der Waals surface area (Å²) in [5, 5.41) is 3.49. The summed E-state index contributed by atoms with van der Waals surface area (Å²) in [6.07, 6.45) is 2.30. The van der Waals surface area contributed by atoms with Crippen molar-refractivity contribution in [2.45, 2.75) is 39.7 Å². The zero-order chi connectivity index (χ0) is 15.4. The minimum absolute atomic E-state index is 0.149. The molecule has 4 heteroatoms. The number of carbonyl (C=O) groups is 1. The third-order valence-corrected chi connectivity index (χ3v) is 4.63. The fraction of sp³-hybridized carbons (Fsp3) is 0.588. The number of nitrogens with zero attached hydrogens (tertiary/aromatic N) is 1. The molecule has 0 radical (unpaired) electrons. The fourth-order valence-corrected chi connectivity index (χ4v) is 3.45. The van der Waals surface area contributed by atoms with E-state index in [1.165, 1.54) is 6.42 Å². The monoisotopic (exact) mass is 352 g/mol. The molecule has 21 heavy (non-hydrogen) atoms. The number of hydrogen-bond acceptors (Lipinski definition) is 2. The van der Waals surface area contributed by atoms with Crippen LogP contribution >= 0.6 is 15.9 Å². The average Bonchev–Trinajstić information content (AvgIpc) is 2.45. The Labute approximate surface area is 136 Å². The number of piperidine rings is 1. The van der Waals surface area contributed by atoms with Gasteiger partial charge in [0.15, 0.2) is 0 Å². The van der Waals surface area contributed by atoms with Crippen LogP contribution in [0.5, 0.6) is 0 Å². The van der Waals surface area contributed by atoms with Crippen molar-refractivity contribution in [2.75, 3.05) is 19.6 Å². The summed E-state index contributed by atoms with van der Waals surface area (Å²) < 4.78 is 0.898. The van der Waals surface area contributed by atoms with E-state index in [4.69, 9.17) is 0 Å². The van der Waals surface area contributed by atoms with Crippen LogP contribution in [0.15, 0.2) is 22.7 Å². The van der Waals surface area contributed by atoms with Crippen molar-refractivity contribution in [2.24, 2.45) is 5.92 Å². The number of benzene rings is 1. The highest BCUT2D eigenvalue weighted by Gasteiger charge is 2.25. The number of nitrogens with one attached hydrogen (secondary N) is 1. The molecule has 1 aromatic rings. The molecule has 1 fully saturated rings. The molecule has 0 aliphatic carbocycles. The Bertz CT molecular complexity index is 502. The van der Waals surface area contributed by atoms with E-state index in [0.29, 0.717) is 12.0 Å². The van der Waals surface area contributed by atoms with Gasteiger partial charge in [0.1, 0.15) is 0 Å². The highest BCUT2D eigenvalue weighted by atomic mass is 79.9. The average molecular weight is 353 g/mol. The number of likely N-dealkylation sites (tertiary alicyclic amines) is 1. The maximum absolute atomic E-state index is 12.7. The zero-order valence-corrected chi connectivity index (χ0v) is 14.7. The predicted octanol–water partition coefficient (Wildman–Crippen LogP) is 3.61. The van der Waals surface area contributed by atoms with E-state index in [1.54, 1.807) is 0 Å². The second-order valence-electron chi connectivity index (χ2n) is 6.31. The molecule has 1 saturated heterocycles. The molecule has 1 heterocycles. The van der Waals surface area contributed by atoms with Crippen LogP contribution in [-0.4, -0.2) is 36.5 Å². The van der Waals surface area contributed by atoms with Gasteiger partial charge in [0, 0.05) is 23.6 Å². The molecule has 1 atom stereocenters. The highest BCUT2D eigenvalue weighted by molar-refractivity contribution is 9.10. The first-order valence-electron chi connectivity index (χ1n) is 7.76. The lowest BCUT2D eigenvalue weighted by atomic mass is 9.97. The molecular weight excluding hydrogens is 328 g/mol. The number of aryl methyl sites for hydroxylation is 1. The predicted molar refractivity (Wildman–Crippen MR) is 90.6 cm³/mol. The minimum atomic E-state index is 0.149. The van der Waals surface area contributed by atoms with Gasteiger partial charge in [-0.1, -0.05) is 19.9 Å². The quantitative estimate of drug-likeness (QED) is 0.897. The van der Waals surface area contributed by atoms with Crippen molar-refractivity contribution >= 4 is 21.8 Å². The Balaban J connectivity index is 2.01. The van der Waals surface area contributed by atoms with Gasteiger partial charge < -0.3 is 10.2 Å². The number of carbonyl (C=O) groups excluding carboxylic acids is 1. The molecule has 1 aliphatic heterocycles. The summed E-state index contributed by atoms with van der Waals surface area (Å²) in [5.74, 6) is 0.713. The van der Waals surface area contributed by atoms with E-state index >= 15 is 0 Å². The van der Waals surface area contributed by atoms with Crippen molar-refractivity contribution in [1.29, 1.82) is 0 Å². The number of halogens is 1. The summed E-state index contributed by atoms with van der Waals surface area (Å²) in [6.45, 7) is 9.09. The maximum atomic E-state index is 12.7. The number of amides is 1. The standard InChI is InChI=1S/C17H25BrN2O/c1-12(2)19-10-14-5-4-8-20(11-14)17(21)15-7-6-13(3)9-16(15)18/h6-7,9,12,14,19H,4-5,8,10-11H2,1-3H3. The second kappa shape index (κ2) is 7.41. The first-order valence-corrected chi connectivity index (χ1v) is 8.55. The molecule has 0 bridgehead atoms. The molecule has 1 unspecified atom stereocenters. The molecular formula is C17H25BrN2O. The third kappa shape index (κ3) is 4.55. The van der Waals surface area contributed by atoms with E-state index < -0.39 is 0 Å². The third-order valence-electron chi connectivity index (χ3n) is 3.98. The Morgan fingerprint density at radius 2 is 2.24 bits per heavy atom. The van der Waals surface area contributed by atoms with E-state index in [1.807, 2.05) is 30.0 Å². The van der Waals surface area contributed by atoms with Gasteiger partial charge in [-0.05, 0) is 65.9 Å². The van der Waals surface area contributed by atoms with Crippen molar-refractivity contribution in [3.63, 3.8) is 0 Å². The van der Waals surface area contributed by atoms with Crippen LogP contribution in [0.3, 0.4) is 0 Å². The Morgan fingerprint density at radius 3 is 2.90 bits per heavy atom. The van der Waals surface area contributed by atoms with Crippen molar-refractivity contribution in [3.05, 3.63) is 33.8 Å². The summed E-state index contributed by atoms with van der Waals surface area (Å²) in [6, 6.07) is 6.44. The molecule has 3 nitrogen and oxygen atoms in total. The van der Waals surface area contributed by atoms with Crippen LogP contribution in [0.1, 0.15) is 42.6 Å². The molecule has 0 spiro atoms. The van der Waals surface area contributed by atoms with Gasteiger partial charge >= 0.3 is 0 Å². The Hall–Kier alpha value is -0.870. The highest BCUT2D eigenvalue weighted by Crippen LogP contribution is 2.23. The van der Waals surface area contributed by atoms with Gasteiger partial charge in [-0.2, -0.15) is 0 Å². The van der Waals surface area contributed by atoms with Crippen molar-refractivity contribution in [1.82, 2.24) is 10.2 Å². The lowest BCUT2D eigenvalue weighted by molar-refractivity contribution is 0.0671. The minimum Gasteiger partial charge on any atom is -0.338 e. The maximum Gasteiger partial charge on any atom is 0.255 e. The molecule has 0 saturated carbocycles. The van der Waals surface area contributed by atoms with Crippen molar-refractivity contribution in [3.8, 4) is 0 Å². The van der Waals surface area contributed by atoms with E-state index in [-0.39, 0.29) is 5.91 Å². The lowest BCUT2D eigenvalue weighted by Crippen LogP contribution is -2.43. The first kappa shape index (κ1) is 16.5. The molecule has 1 N–H and O–H groups in total. The van der Waals surface area contributed by atoms with Crippen LogP contribution in [0.4, 0.5) is 0 Å². The largest absolute Gasteiger partial charge is 0.338 e. The van der Waals surface area contributed by atoms with Gasteiger partial charge in [-0.25, -0.2) is 0 Å². The van der Waals surface area contributed by atoms with Crippen LogP contribution in [0, 0.1) is 12.8 Å². The fourth-order valence-electron chi connectivity index (χ4n) is 2.78. The zero-order valence-electron chi connectivity index (χ0n) is 13.2. The van der Waals surface area contributed by atoms with E-state index in [9.17, 15) is 4.79 Å². The summed E-state index contributed by atoms with van der Waals surface area (Å²) >= 11 is 3.52. The van der Waals surface area contributed by atoms with Crippen LogP contribution in [-0.2, 0) is 0 Å². The summed E-state index contributed by atoms with van der Waals surface area (Å²) in [7, 11) is 0. The van der Waals surface area contributed by atoms with Gasteiger partial charge in [-0.3, -0.25) is 4.79 Å². The first-order chi connectivity index (χ1) is 9.97. The van der Waals surface area contributed by atoms with E-state index in [0.717, 1.165) is 41.7 Å². The lowest BCUT2D eigenvalue weighted by Gasteiger charge is -2.33. The van der Waals surface area contributed by atoms with E-state index in [2.05, 4.69) is 35.1 Å². The number of rotatable bonds is 4. The molecule has 116 valence electrons. The SMILES string of the molecule is Cc1ccc(C(=O)N2CCCC(CNC(C)C)C2)c(Br)c1. The van der Waals surface area contributed by atoms with Crippen molar-refractivity contribution < 1.29 is 4.79 Å². The van der Waals surface area contributed by atoms with Gasteiger partial charge in [0.25, 0.3) is 5.91 Å². The smallest absolute Gasteiger partial charge is 0.255 e. The van der Waals surface area contributed by atoms with Crippen LogP contribution in [0.25, 0.3) is 0 Å². The Kier molecular flexibility index (Phi) is 5.82. The van der Waals surface area contributed by atoms with Gasteiger partial charge in [0.2, 0.25) is 0 Å². The normalized spacial score (nSPS) is 19.1. The Morgan fingerprint density at radius 1 is 1.48 bits per heavy atom. The molecule has 0 aromatic heterocycles. The number of hydrogen-bond donors (Lipinski definition) is 1. The topological polar surface area (TPSA) is 32.3 Å². The summed E-state index contributed by atoms with van der Waals surface area (Å²) in [4.78, 5) is 14.7. The van der Waals surface area contributed by atoms with Crippen LogP contribution < -0.4 is 5.32 Å². The van der Waals surface area contributed by atoms with Gasteiger partial charge in [0.05, 0.1) is 5.56 Å². The van der Waals surface area contributed by atoms with Crippen LogP contribution in [0.2, 0.25) is 0 Å².